The molecule has 26 heavy (non-hydrogen) atoms. The number of aryl methyl sites for hydroxylation is 1. The van der Waals surface area contributed by atoms with E-state index < -0.39 is 0 Å². The summed E-state index contributed by atoms with van der Waals surface area (Å²) in [6, 6.07) is 11.8. The van der Waals surface area contributed by atoms with Gasteiger partial charge < -0.3 is 19.9 Å². The van der Waals surface area contributed by atoms with Gasteiger partial charge in [0.1, 0.15) is 24.0 Å². The third-order valence-corrected chi connectivity index (χ3v) is 4.15. The maximum absolute atomic E-state index is 5.96. The second kappa shape index (κ2) is 9.43. The van der Waals surface area contributed by atoms with E-state index in [-0.39, 0.29) is 0 Å². The number of thiocarbonyl (C=S) groups is 1. The molecule has 0 amide bonds. The topological polar surface area (TPSA) is 53.7 Å². The molecule has 0 atom stereocenters. The molecule has 0 aliphatic rings. The Hall–Kier alpha value is -2.27. The summed E-state index contributed by atoms with van der Waals surface area (Å²) in [6.07, 6.45) is 0. The molecule has 0 fully saturated rings. The number of benzene rings is 2. The average Bonchev–Trinajstić information content (AvgIpc) is 2.59. The van der Waals surface area contributed by atoms with Crippen molar-refractivity contribution in [2.75, 3.05) is 19.8 Å². The molecule has 0 aliphatic heterocycles. The van der Waals surface area contributed by atoms with Crippen molar-refractivity contribution < 1.29 is 14.2 Å². The minimum absolute atomic E-state index is 0.335. The van der Waals surface area contributed by atoms with Crippen LogP contribution >= 0.6 is 12.2 Å². The Balaban J connectivity index is 2.00. The van der Waals surface area contributed by atoms with E-state index in [4.69, 9.17) is 32.2 Å². The van der Waals surface area contributed by atoms with Crippen molar-refractivity contribution in [1.82, 2.24) is 0 Å². The Labute approximate surface area is 161 Å². The van der Waals surface area contributed by atoms with Gasteiger partial charge in [0.25, 0.3) is 0 Å². The lowest BCUT2D eigenvalue weighted by atomic mass is 10.0. The maximum atomic E-state index is 5.96. The molecule has 0 unspecified atom stereocenters. The number of hydrogen-bond acceptors (Lipinski definition) is 4. The van der Waals surface area contributed by atoms with Crippen LogP contribution in [0.5, 0.6) is 17.2 Å². The standard InChI is InChI=1S/C21H27NO3S/c1-5-23-20-13-16(21(22)26)7-9-18(20)24-10-11-25-19-12-15(4)6-8-17(19)14(2)3/h6-9,12-14H,5,10-11H2,1-4H3,(H2,22,26). The Kier molecular flexibility index (Phi) is 7.27. The lowest BCUT2D eigenvalue weighted by Gasteiger charge is -2.16. The minimum Gasteiger partial charge on any atom is -0.490 e. The van der Waals surface area contributed by atoms with Crippen LogP contribution in [-0.4, -0.2) is 24.8 Å². The second-order valence-electron chi connectivity index (χ2n) is 6.35. The molecule has 0 aliphatic carbocycles. The molecule has 0 spiro atoms. The first-order valence-corrected chi connectivity index (χ1v) is 9.26. The van der Waals surface area contributed by atoms with Crippen molar-refractivity contribution in [1.29, 1.82) is 0 Å². The molecule has 0 saturated carbocycles. The average molecular weight is 374 g/mol. The number of nitrogens with two attached hydrogens (primary N) is 1. The van der Waals surface area contributed by atoms with Crippen molar-refractivity contribution in [2.45, 2.75) is 33.6 Å². The fraction of sp³-hybridized carbons (Fsp3) is 0.381. The summed E-state index contributed by atoms with van der Waals surface area (Å²) < 4.78 is 17.4. The predicted molar refractivity (Wildman–Crippen MR) is 110 cm³/mol. The summed E-state index contributed by atoms with van der Waals surface area (Å²) in [5.74, 6) is 2.61. The van der Waals surface area contributed by atoms with Gasteiger partial charge in [-0.25, -0.2) is 0 Å². The fourth-order valence-electron chi connectivity index (χ4n) is 2.60. The zero-order chi connectivity index (χ0) is 19.1. The normalized spacial score (nSPS) is 10.7. The third kappa shape index (κ3) is 5.36. The smallest absolute Gasteiger partial charge is 0.161 e. The predicted octanol–water partition coefficient (Wildman–Crippen LogP) is 4.61. The van der Waals surface area contributed by atoms with E-state index in [2.05, 4.69) is 39.0 Å². The van der Waals surface area contributed by atoms with Gasteiger partial charge in [0.05, 0.1) is 6.61 Å². The van der Waals surface area contributed by atoms with Crippen LogP contribution in [0, 0.1) is 6.92 Å². The van der Waals surface area contributed by atoms with Gasteiger partial charge in [-0.15, -0.1) is 0 Å². The quantitative estimate of drug-likeness (QED) is 0.514. The molecular weight excluding hydrogens is 346 g/mol. The van der Waals surface area contributed by atoms with E-state index in [1.807, 2.05) is 19.1 Å². The first-order valence-electron chi connectivity index (χ1n) is 8.85. The molecule has 0 heterocycles. The van der Waals surface area contributed by atoms with Crippen LogP contribution in [0.1, 0.15) is 43.4 Å². The molecule has 5 heteroatoms. The summed E-state index contributed by atoms with van der Waals surface area (Å²) >= 11 is 5.01. The van der Waals surface area contributed by atoms with Crippen molar-refractivity contribution in [3.8, 4) is 17.2 Å². The number of ether oxygens (including phenoxy) is 3. The van der Waals surface area contributed by atoms with Crippen LogP contribution in [-0.2, 0) is 0 Å². The summed E-state index contributed by atoms with van der Waals surface area (Å²) in [7, 11) is 0. The Morgan fingerprint density at radius 2 is 1.65 bits per heavy atom. The Morgan fingerprint density at radius 3 is 2.27 bits per heavy atom. The Bertz CT molecular complexity index is 759. The van der Waals surface area contributed by atoms with Crippen molar-refractivity contribution in [3.05, 3.63) is 53.1 Å². The van der Waals surface area contributed by atoms with Gasteiger partial charge in [-0.1, -0.05) is 38.2 Å². The zero-order valence-electron chi connectivity index (χ0n) is 15.9. The maximum Gasteiger partial charge on any atom is 0.161 e. The molecule has 2 N–H and O–H groups in total. The highest BCUT2D eigenvalue weighted by Crippen LogP contribution is 2.29. The highest BCUT2D eigenvalue weighted by Gasteiger charge is 2.10. The summed E-state index contributed by atoms with van der Waals surface area (Å²) in [4.78, 5) is 0.335. The van der Waals surface area contributed by atoms with Gasteiger partial charge in [-0.3, -0.25) is 0 Å². The van der Waals surface area contributed by atoms with Crippen molar-refractivity contribution in [3.63, 3.8) is 0 Å². The van der Waals surface area contributed by atoms with Gasteiger partial charge in [-0.2, -0.15) is 0 Å². The Morgan fingerprint density at radius 1 is 0.962 bits per heavy atom. The molecular formula is C21H27NO3S. The fourth-order valence-corrected chi connectivity index (χ4v) is 2.72. The van der Waals surface area contributed by atoms with E-state index >= 15 is 0 Å². The van der Waals surface area contributed by atoms with Gasteiger partial charge >= 0.3 is 0 Å². The van der Waals surface area contributed by atoms with Crippen molar-refractivity contribution >= 4 is 17.2 Å². The van der Waals surface area contributed by atoms with Crippen LogP contribution in [0.2, 0.25) is 0 Å². The lowest BCUT2D eigenvalue weighted by Crippen LogP contribution is -2.12. The minimum atomic E-state index is 0.335. The van der Waals surface area contributed by atoms with E-state index in [1.54, 1.807) is 6.07 Å². The molecule has 2 rings (SSSR count). The van der Waals surface area contributed by atoms with Gasteiger partial charge in [-0.05, 0) is 55.2 Å². The molecule has 0 bridgehead atoms. The zero-order valence-corrected chi connectivity index (χ0v) is 16.7. The van der Waals surface area contributed by atoms with E-state index in [0.29, 0.717) is 42.2 Å². The largest absolute Gasteiger partial charge is 0.490 e. The van der Waals surface area contributed by atoms with E-state index in [9.17, 15) is 0 Å². The van der Waals surface area contributed by atoms with E-state index in [1.165, 1.54) is 11.1 Å². The monoisotopic (exact) mass is 373 g/mol. The summed E-state index contributed by atoms with van der Waals surface area (Å²) in [6.45, 7) is 9.70. The second-order valence-corrected chi connectivity index (χ2v) is 6.79. The summed E-state index contributed by atoms with van der Waals surface area (Å²) in [5, 5.41) is 0. The summed E-state index contributed by atoms with van der Waals surface area (Å²) in [5.41, 5.74) is 8.82. The van der Waals surface area contributed by atoms with Crippen LogP contribution in [0.25, 0.3) is 0 Å². The molecule has 140 valence electrons. The SMILES string of the molecule is CCOc1cc(C(N)=S)ccc1OCCOc1cc(C)ccc1C(C)C. The molecule has 4 nitrogen and oxygen atoms in total. The van der Waals surface area contributed by atoms with Crippen LogP contribution in [0.4, 0.5) is 0 Å². The van der Waals surface area contributed by atoms with E-state index in [0.717, 1.165) is 11.3 Å². The molecule has 2 aromatic carbocycles. The van der Waals surface area contributed by atoms with Gasteiger partial charge in [0, 0.05) is 5.56 Å². The lowest BCUT2D eigenvalue weighted by molar-refractivity contribution is 0.207. The molecule has 0 radical (unpaired) electrons. The molecule has 0 aromatic heterocycles. The van der Waals surface area contributed by atoms with Crippen LogP contribution in [0.15, 0.2) is 36.4 Å². The van der Waals surface area contributed by atoms with Crippen LogP contribution < -0.4 is 19.9 Å². The van der Waals surface area contributed by atoms with Gasteiger partial charge in [0.15, 0.2) is 11.5 Å². The molecule has 2 aromatic rings. The molecule has 0 saturated heterocycles. The van der Waals surface area contributed by atoms with Crippen molar-refractivity contribution in [2.24, 2.45) is 5.73 Å². The van der Waals surface area contributed by atoms with Crippen LogP contribution in [0.3, 0.4) is 0 Å². The number of hydrogen-bond donors (Lipinski definition) is 1. The third-order valence-electron chi connectivity index (χ3n) is 3.92. The first kappa shape index (κ1) is 20.0. The highest BCUT2D eigenvalue weighted by molar-refractivity contribution is 7.80. The number of rotatable bonds is 9. The van der Waals surface area contributed by atoms with Gasteiger partial charge in [0.2, 0.25) is 0 Å². The highest BCUT2D eigenvalue weighted by atomic mass is 32.1. The first-order chi connectivity index (χ1) is 12.4.